The summed E-state index contributed by atoms with van der Waals surface area (Å²) in [7, 11) is 1.64. The fraction of sp³-hybridized carbons (Fsp3) is 0.417. The molecular formula is C12H16N2O. The molecule has 0 saturated heterocycles. The number of hydrogen-bond donors (Lipinski definition) is 1. The van der Waals surface area contributed by atoms with Crippen molar-refractivity contribution in [2.75, 3.05) is 12.4 Å². The Kier molecular flexibility index (Phi) is 4.49. The third kappa shape index (κ3) is 3.51. The maximum Gasteiger partial charge on any atom is 0.119 e. The van der Waals surface area contributed by atoms with Gasteiger partial charge < -0.3 is 10.1 Å². The molecule has 1 aromatic rings. The molecule has 1 aromatic carbocycles. The van der Waals surface area contributed by atoms with Gasteiger partial charge in [-0.25, -0.2) is 0 Å². The van der Waals surface area contributed by atoms with Crippen molar-refractivity contribution in [1.29, 1.82) is 5.26 Å². The minimum atomic E-state index is -0.108. The highest BCUT2D eigenvalue weighted by atomic mass is 16.5. The third-order valence-electron chi connectivity index (χ3n) is 2.16. The number of ether oxygens (including phenoxy) is 1. The van der Waals surface area contributed by atoms with E-state index in [-0.39, 0.29) is 6.04 Å². The molecule has 1 unspecified atom stereocenters. The van der Waals surface area contributed by atoms with Crippen molar-refractivity contribution < 1.29 is 4.74 Å². The Morgan fingerprint density at radius 1 is 1.40 bits per heavy atom. The van der Waals surface area contributed by atoms with E-state index < -0.39 is 0 Å². The zero-order chi connectivity index (χ0) is 11.1. The Balaban J connectivity index is 2.60. The molecule has 3 nitrogen and oxygen atoms in total. The first-order valence-corrected chi connectivity index (χ1v) is 5.10. The molecule has 1 rings (SSSR count). The molecule has 0 bridgehead atoms. The average Bonchev–Trinajstić information content (AvgIpc) is 2.29. The van der Waals surface area contributed by atoms with Gasteiger partial charge in [-0.3, -0.25) is 0 Å². The molecule has 1 N–H and O–H groups in total. The van der Waals surface area contributed by atoms with Crippen LogP contribution in [0, 0.1) is 11.3 Å². The predicted octanol–water partition coefficient (Wildman–Crippen LogP) is 2.80. The minimum Gasteiger partial charge on any atom is -0.497 e. The van der Waals surface area contributed by atoms with Crippen molar-refractivity contribution in [1.82, 2.24) is 0 Å². The number of nitrogens with zero attached hydrogens (tertiary/aromatic N) is 1. The topological polar surface area (TPSA) is 45.0 Å². The van der Waals surface area contributed by atoms with Crippen molar-refractivity contribution in [3.05, 3.63) is 24.3 Å². The summed E-state index contributed by atoms with van der Waals surface area (Å²) in [6, 6.07) is 9.72. The van der Waals surface area contributed by atoms with Crippen LogP contribution in [0.1, 0.15) is 19.8 Å². The fourth-order valence-electron chi connectivity index (χ4n) is 1.35. The van der Waals surface area contributed by atoms with Gasteiger partial charge in [-0.1, -0.05) is 13.3 Å². The molecule has 0 radical (unpaired) electrons. The lowest BCUT2D eigenvalue weighted by Gasteiger charge is -2.11. The van der Waals surface area contributed by atoms with Crippen LogP contribution in [0.3, 0.4) is 0 Å². The molecular weight excluding hydrogens is 188 g/mol. The number of rotatable bonds is 5. The summed E-state index contributed by atoms with van der Waals surface area (Å²) in [4.78, 5) is 0. The van der Waals surface area contributed by atoms with Gasteiger partial charge in [0.2, 0.25) is 0 Å². The Morgan fingerprint density at radius 3 is 2.53 bits per heavy atom. The highest BCUT2D eigenvalue weighted by Gasteiger charge is 2.04. The molecule has 0 heterocycles. The lowest BCUT2D eigenvalue weighted by atomic mass is 10.2. The largest absolute Gasteiger partial charge is 0.497 e. The summed E-state index contributed by atoms with van der Waals surface area (Å²) < 4.78 is 5.06. The third-order valence-corrected chi connectivity index (χ3v) is 2.16. The minimum absolute atomic E-state index is 0.108. The molecule has 15 heavy (non-hydrogen) atoms. The predicted molar refractivity (Wildman–Crippen MR) is 60.9 cm³/mol. The van der Waals surface area contributed by atoms with Crippen LogP contribution in [0.5, 0.6) is 5.75 Å². The molecule has 0 saturated carbocycles. The van der Waals surface area contributed by atoms with E-state index in [0.717, 1.165) is 24.3 Å². The Morgan fingerprint density at radius 2 is 2.07 bits per heavy atom. The molecule has 0 aromatic heterocycles. The molecule has 0 aliphatic carbocycles. The zero-order valence-electron chi connectivity index (χ0n) is 9.16. The van der Waals surface area contributed by atoms with Gasteiger partial charge in [-0.2, -0.15) is 5.26 Å². The smallest absolute Gasteiger partial charge is 0.119 e. The van der Waals surface area contributed by atoms with E-state index in [1.54, 1.807) is 7.11 Å². The number of hydrogen-bond acceptors (Lipinski definition) is 3. The molecule has 0 amide bonds. The van der Waals surface area contributed by atoms with Crippen molar-refractivity contribution in [2.45, 2.75) is 25.8 Å². The van der Waals surface area contributed by atoms with Crippen molar-refractivity contribution in [3.8, 4) is 11.8 Å². The van der Waals surface area contributed by atoms with Gasteiger partial charge in [0.05, 0.1) is 13.2 Å². The number of anilines is 1. The summed E-state index contributed by atoms with van der Waals surface area (Å²) in [5.41, 5.74) is 0.954. The zero-order valence-corrected chi connectivity index (χ0v) is 9.16. The monoisotopic (exact) mass is 204 g/mol. The number of nitriles is 1. The van der Waals surface area contributed by atoms with Gasteiger partial charge in [-0.15, -0.1) is 0 Å². The van der Waals surface area contributed by atoms with Gasteiger partial charge in [0.25, 0.3) is 0 Å². The van der Waals surface area contributed by atoms with Crippen LogP contribution < -0.4 is 10.1 Å². The van der Waals surface area contributed by atoms with Crippen molar-refractivity contribution in [2.24, 2.45) is 0 Å². The normalized spacial score (nSPS) is 11.5. The number of benzene rings is 1. The molecule has 1 atom stereocenters. The maximum atomic E-state index is 8.88. The lowest BCUT2D eigenvalue weighted by Crippen LogP contribution is -2.16. The second-order valence-electron chi connectivity index (χ2n) is 3.34. The Hall–Kier alpha value is -1.69. The summed E-state index contributed by atoms with van der Waals surface area (Å²) in [5.74, 6) is 0.824. The summed E-state index contributed by atoms with van der Waals surface area (Å²) in [6.45, 7) is 2.07. The maximum absolute atomic E-state index is 8.88. The Bertz CT molecular complexity index is 326. The average molecular weight is 204 g/mol. The first kappa shape index (κ1) is 11.4. The van der Waals surface area contributed by atoms with E-state index in [9.17, 15) is 0 Å². The first-order chi connectivity index (χ1) is 7.30. The van der Waals surface area contributed by atoms with E-state index >= 15 is 0 Å². The molecule has 0 aliphatic rings. The summed E-state index contributed by atoms with van der Waals surface area (Å²) >= 11 is 0. The van der Waals surface area contributed by atoms with Crippen LogP contribution >= 0.6 is 0 Å². The van der Waals surface area contributed by atoms with E-state index in [1.165, 1.54) is 0 Å². The summed E-state index contributed by atoms with van der Waals surface area (Å²) in [5, 5.41) is 12.0. The molecule has 3 heteroatoms. The van der Waals surface area contributed by atoms with E-state index in [0.29, 0.717) is 0 Å². The fourth-order valence-corrected chi connectivity index (χ4v) is 1.35. The SMILES string of the molecule is CCCC(C#N)Nc1ccc(OC)cc1. The van der Waals surface area contributed by atoms with Crippen molar-refractivity contribution >= 4 is 5.69 Å². The van der Waals surface area contributed by atoms with Crippen LogP contribution in [-0.4, -0.2) is 13.2 Å². The molecule has 0 spiro atoms. The summed E-state index contributed by atoms with van der Waals surface area (Å²) in [6.07, 6.45) is 1.86. The number of methoxy groups -OCH3 is 1. The van der Waals surface area contributed by atoms with Gasteiger partial charge in [0.15, 0.2) is 0 Å². The van der Waals surface area contributed by atoms with Crippen LogP contribution in [0.2, 0.25) is 0 Å². The molecule has 0 fully saturated rings. The van der Waals surface area contributed by atoms with E-state index in [1.807, 2.05) is 24.3 Å². The van der Waals surface area contributed by atoms with Crippen LogP contribution in [-0.2, 0) is 0 Å². The second-order valence-corrected chi connectivity index (χ2v) is 3.34. The number of nitrogens with one attached hydrogen (secondary N) is 1. The van der Waals surface area contributed by atoms with Crippen LogP contribution in [0.4, 0.5) is 5.69 Å². The van der Waals surface area contributed by atoms with Crippen molar-refractivity contribution in [3.63, 3.8) is 0 Å². The van der Waals surface area contributed by atoms with E-state index in [2.05, 4.69) is 18.3 Å². The lowest BCUT2D eigenvalue weighted by molar-refractivity contribution is 0.415. The first-order valence-electron chi connectivity index (χ1n) is 5.10. The highest BCUT2D eigenvalue weighted by molar-refractivity contribution is 5.48. The standard InChI is InChI=1S/C12H16N2O/c1-3-4-11(9-13)14-10-5-7-12(15-2)8-6-10/h5-8,11,14H,3-4H2,1-2H3. The molecule has 0 aliphatic heterocycles. The van der Waals surface area contributed by atoms with Crippen LogP contribution in [0.15, 0.2) is 24.3 Å². The quantitative estimate of drug-likeness (QED) is 0.802. The highest BCUT2D eigenvalue weighted by Crippen LogP contribution is 2.16. The molecule has 80 valence electrons. The van der Waals surface area contributed by atoms with Gasteiger partial charge >= 0.3 is 0 Å². The van der Waals surface area contributed by atoms with Gasteiger partial charge in [0, 0.05) is 5.69 Å². The van der Waals surface area contributed by atoms with Crippen LogP contribution in [0.25, 0.3) is 0 Å². The Labute approximate surface area is 90.7 Å². The van der Waals surface area contributed by atoms with E-state index in [4.69, 9.17) is 10.00 Å². The second kappa shape index (κ2) is 5.92. The van der Waals surface area contributed by atoms with Gasteiger partial charge in [0.1, 0.15) is 11.8 Å². The van der Waals surface area contributed by atoms with Gasteiger partial charge in [-0.05, 0) is 30.7 Å².